The van der Waals surface area contributed by atoms with Crippen LogP contribution >= 0.6 is 0 Å². The summed E-state index contributed by atoms with van der Waals surface area (Å²) in [5, 5.41) is 0. The number of rotatable bonds is 2. The number of ether oxygens (including phenoxy) is 2. The molecule has 9 heteroatoms. The van der Waals surface area contributed by atoms with Crippen molar-refractivity contribution in [2.24, 2.45) is 10.7 Å². The van der Waals surface area contributed by atoms with Gasteiger partial charge >= 0.3 is 0 Å². The number of fused-ring (bicyclic) bond motifs is 4. The number of nitrogens with zero attached hydrogens (tertiary/aromatic N) is 5. The number of halogens is 1. The van der Waals surface area contributed by atoms with Crippen LogP contribution in [0.5, 0.6) is 11.5 Å². The standard InChI is InChI=1S/C24H17FN6O2/c25-22-6-15(3-4-29-22)19-7-18-21(10-30-19)33-20-2-1-14(16-8-27-13-28-9-16)5-17(20)24(18)12-32-11-23(26)31-24/h1-10,13H,11-12H2,(H2,26,31)/t24-/m0/s1. The zero-order valence-corrected chi connectivity index (χ0v) is 17.3. The topological polar surface area (TPSA) is 108 Å². The van der Waals surface area contributed by atoms with Gasteiger partial charge in [0.15, 0.2) is 5.75 Å². The molecule has 6 rings (SSSR count). The minimum Gasteiger partial charge on any atom is -0.455 e. The molecule has 5 heterocycles. The van der Waals surface area contributed by atoms with Crippen LogP contribution in [0.1, 0.15) is 11.1 Å². The van der Waals surface area contributed by atoms with Gasteiger partial charge in [0.05, 0.1) is 18.5 Å². The predicted octanol–water partition coefficient (Wildman–Crippen LogP) is 3.48. The largest absolute Gasteiger partial charge is 0.455 e. The summed E-state index contributed by atoms with van der Waals surface area (Å²) in [7, 11) is 0. The molecule has 0 radical (unpaired) electrons. The van der Waals surface area contributed by atoms with Crippen LogP contribution in [-0.4, -0.2) is 39.0 Å². The Kier molecular flexibility index (Phi) is 4.37. The molecule has 0 saturated heterocycles. The highest BCUT2D eigenvalue weighted by Crippen LogP contribution is 2.51. The normalized spacial score (nSPS) is 18.8. The van der Waals surface area contributed by atoms with Crippen molar-refractivity contribution in [1.82, 2.24) is 19.9 Å². The first-order chi connectivity index (χ1) is 16.1. The summed E-state index contributed by atoms with van der Waals surface area (Å²) in [6.45, 7) is 0.507. The molecule has 0 bridgehead atoms. The van der Waals surface area contributed by atoms with E-state index in [-0.39, 0.29) is 13.2 Å². The van der Waals surface area contributed by atoms with Gasteiger partial charge in [-0.25, -0.2) is 15.0 Å². The van der Waals surface area contributed by atoms with Crippen molar-refractivity contribution >= 4 is 5.84 Å². The summed E-state index contributed by atoms with van der Waals surface area (Å²) in [5.41, 5.74) is 9.68. The van der Waals surface area contributed by atoms with Crippen LogP contribution in [0, 0.1) is 5.95 Å². The fourth-order valence-electron chi connectivity index (χ4n) is 4.29. The van der Waals surface area contributed by atoms with Crippen molar-refractivity contribution in [3.05, 3.63) is 84.6 Å². The van der Waals surface area contributed by atoms with Crippen molar-refractivity contribution in [3.8, 4) is 33.9 Å². The molecular formula is C24H17FN6O2. The Labute approximate surface area is 188 Å². The van der Waals surface area contributed by atoms with Gasteiger partial charge in [-0.15, -0.1) is 0 Å². The first kappa shape index (κ1) is 19.4. The van der Waals surface area contributed by atoms with E-state index in [1.54, 1.807) is 24.7 Å². The minimum absolute atomic E-state index is 0.243. The first-order valence-corrected chi connectivity index (χ1v) is 10.2. The van der Waals surface area contributed by atoms with Crippen molar-refractivity contribution in [1.29, 1.82) is 0 Å². The van der Waals surface area contributed by atoms with Crippen molar-refractivity contribution in [3.63, 3.8) is 0 Å². The third-order valence-electron chi connectivity index (χ3n) is 5.77. The molecule has 0 fully saturated rings. The van der Waals surface area contributed by atoms with E-state index in [0.29, 0.717) is 28.6 Å². The van der Waals surface area contributed by atoms with Crippen molar-refractivity contribution < 1.29 is 13.9 Å². The zero-order chi connectivity index (χ0) is 22.4. The van der Waals surface area contributed by atoms with Crippen molar-refractivity contribution in [2.45, 2.75) is 5.54 Å². The van der Waals surface area contributed by atoms with Crippen LogP contribution in [0.25, 0.3) is 22.4 Å². The second-order valence-electron chi connectivity index (χ2n) is 7.83. The number of aliphatic imine (C=N–C) groups is 1. The van der Waals surface area contributed by atoms with E-state index < -0.39 is 11.5 Å². The third-order valence-corrected chi connectivity index (χ3v) is 5.77. The van der Waals surface area contributed by atoms with E-state index in [4.69, 9.17) is 20.2 Å². The van der Waals surface area contributed by atoms with E-state index in [0.717, 1.165) is 22.3 Å². The molecule has 2 aliphatic rings. The van der Waals surface area contributed by atoms with Gasteiger partial charge in [0.2, 0.25) is 5.95 Å². The molecular weight excluding hydrogens is 423 g/mol. The SMILES string of the molecule is NC1=N[C@@]2(COC1)c1cc(-c3cncnc3)ccc1Oc1cnc(-c3ccnc(F)c3)cc12. The molecule has 2 aliphatic heterocycles. The van der Waals surface area contributed by atoms with Crippen LogP contribution in [0.15, 0.2) is 72.5 Å². The van der Waals surface area contributed by atoms with Crippen LogP contribution in [0.2, 0.25) is 0 Å². The molecule has 1 aromatic carbocycles. The van der Waals surface area contributed by atoms with Crippen LogP contribution in [0.4, 0.5) is 4.39 Å². The molecule has 0 unspecified atom stereocenters. The fourth-order valence-corrected chi connectivity index (χ4v) is 4.29. The quantitative estimate of drug-likeness (QED) is 0.476. The molecule has 0 amide bonds. The Morgan fingerprint density at radius 2 is 1.73 bits per heavy atom. The average molecular weight is 440 g/mol. The summed E-state index contributed by atoms with van der Waals surface area (Å²) in [6, 6.07) is 10.7. The van der Waals surface area contributed by atoms with E-state index in [9.17, 15) is 4.39 Å². The molecule has 1 spiro atoms. The number of nitrogens with two attached hydrogens (primary N) is 1. The highest BCUT2D eigenvalue weighted by molar-refractivity contribution is 5.84. The van der Waals surface area contributed by atoms with E-state index in [1.165, 1.54) is 18.6 Å². The maximum absolute atomic E-state index is 13.8. The number of benzene rings is 1. The van der Waals surface area contributed by atoms with Crippen LogP contribution in [0.3, 0.4) is 0 Å². The Hall–Kier alpha value is -4.24. The number of pyridine rings is 2. The fraction of sp³-hybridized carbons (Fsp3) is 0.125. The maximum Gasteiger partial charge on any atom is 0.213 e. The highest BCUT2D eigenvalue weighted by Gasteiger charge is 2.45. The monoisotopic (exact) mass is 440 g/mol. The number of hydrogen-bond acceptors (Lipinski definition) is 8. The molecule has 3 aromatic heterocycles. The van der Waals surface area contributed by atoms with E-state index in [2.05, 4.69) is 19.9 Å². The summed E-state index contributed by atoms with van der Waals surface area (Å²) < 4.78 is 25.8. The summed E-state index contributed by atoms with van der Waals surface area (Å²) in [4.78, 5) is 21.2. The van der Waals surface area contributed by atoms with Gasteiger partial charge in [0, 0.05) is 46.9 Å². The number of aromatic nitrogens is 4. The maximum atomic E-state index is 13.8. The first-order valence-electron chi connectivity index (χ1n) is 10.2. The Morgan fingerprint density at radius 3 is 2.55 bits per heavy atom. The highest BCUT2D eigenvalue weighted by atomic mass is 19.1. The van der Waals surface area contributed by atoms with E-state index >= 15 is 0 Å². The lowest BCUT2D eigenvalue weighted by atomic mass is 9.79. The minimum atomic E-state index is -0.944. The smallest absolute Gasteiger partial charge is 0.213 e. The molecule has 2 N–H and O–H groups in total. The Morgan fingerprint density at radius 1 is 0.879 bits per heavy atom. The average Bonchev–Trinajstić information content (AvgIpc) is 2.85. The number of hydrogen-bond donors (Lipinski definition) is 1. The molecule has 4 aromatic rings. The number of amidine groups is 1. The third kappa shape index (κ3) is 3.21. The molecule has 8 nitrogen and oxygen atoms in total. The van der Waals surface area contributed by atoms with Gasteiger partial charge in [-0.1, -0.05) is 6.07 Å². The summed E-state index contributed by atoms with van der Waals surface area (Å²) in [6.07, 6.45) is 8.00. The Balaban J connectivity index is 1.57. The molecule has 0 aliphatic carbocycles. The second kappa shape index (κ2) is 7.42. The summed E-state index contributed by atoms with van der Waals surface area (Å²) in [5.74, 6) is 0.969. The molecule has 162 valence electrons. The molecule has 33 heavy (non-hydrogen) atoms. The van der Waals surface area contributed by atoms with Crippen LogP contribution < -0.4 is 10.5 Å². The van der Waals surface area contributed by atoms with Gasteiger partial charge in [-0.3, -0.25) is 9.98 Å². The predicted molar refractivity (Wildman–Crippen MR) is 118 cm³/mol. The summed E-state index contributed by atoms with van der Waals surface area (Å²) >= 11 is 0. The molecule has 0 saturated carbocycles. The lowest BCUT2D eigenvalue weighted by molar-refractivity contribution is 0.110. The van der Waals surface area contributed by atoms with Gasteiger partial charge in [-0.2, -0.15) is 4.39 Å². The van der Waals surface area contributed by atoms with Crippen LogP contribution in [-0.2, 0) is 10.3 Å². The van der Waals surface area contributed by atoms with Gasteiger partial charge < -0.3 is 15.2 Å². The molecule has 1 atom stereocenters. The lowest BCUT2D eigenvalue weighted by Crippen LogP contribution is -2.42. The second-order valence-corrected chi connectivity index (χ2v) is 7.83. The zero-order valence-electron chi connectivity index (χ0n) is 17.3. The lowest BCUT2D eigenvalue weighted by Gasteiger charge is -2.39. The van der Waals surface area contributed by atoms with Gasteiger partial charge in [0.25, 0.3) is 0 Å². The van der Waals surface area contributed by atoms with Gasteiger partial charge in [0.1, 0.15) is 30.1 Å². The Bertz CT molecular complexity index is 1410. The van der Waals surface area contributed by atoms with Gasteiger partial charge in [-0.05, 0) is 29.8 Å². The van der Waals surface area contributed by atoms with E-state index in [1.807, 2.05) is 24.3 Å². The van der Waals surface area contributed by atoms with Crippen molar-refractivity contribution in [2.75, 3.05) is 13.2 Å².